The van der Waals surface area contributed by atoms with Gasteiger partial charge in [-0.1, -0.05) is 38.3 Å². The number of halogens is 4. The van der Waals surface area contributed by atoms with Crippen LogP contribution in [0.15, 0.2) is 24.3 Å². The maximum atomic E-state index is 12.7. The molecule has 0 N–H and O–H groups in total. The zero-order valence-corrected chi connectivity index (χ0v) is 31.3. The van der Waals surface area contributed by atoms with E-state index in [1.165, 1.54) is 28.8 Å². The first-order chi connectivity index (χ1) is 24.7. The van der Waals surface area contributed by atoms with E-state index in [1.54, 1.807) is 4.57 Å². The number of hydrogen-bond acceptors (Lipinski definition) is 10. The number of alkyl halides is 4. The number of imidazole rings is 2. The number of rotatable bonds is 21. The van der Waals surface area contributed by atoms with Crippen LogP contribution in [0.5, 0.6) is 11.5 Å². The van der Waals surface area contributed by atoms with Crippen molar-refractivity contribution in [3.63, 3.8) is 0 Å². The predicted molar refractivity (Wildman–Crippen MR) is 189 cm³/mol. The van der Waals surface area contributed by atoms with Gasteiger partial charge in [0.2, 0.25) is 0 Å². The molecule has 0 bridgehead atoms. The summed E-state index contributed by atoms with van der Waals surface area (Å²) in [6, 6.07) is 13.3. The molecule has 12 nitrogen and oxygen atoms in total. The van der Waals surface area contributed by atoms with Gasteiger partial charge in [-0.3, -0.25) is 18.7 Å². The highest BCUT2D eigenvalue weighted by molar-refractivity contribution is 6.82. The minimum Gasteiger partial charge on any atom is -0.486 e. The molecule has 0 spiro atoms. The predicted octanol–water partition coefficient (Wildman–Crippen LogP) is 7.11. The fraction of sp³-hybridized carbons (Fsp3) is 0.471. The summed E-state index contributed by atoms with van der Waals surface area (Å²) in [5, 5.41) is 18.9. The van der Waals surface area contributed by atoms with Crippen LogP contribution in [0.25, 0.3) is 22.1 Å². The van der Waals surface area contributed by atoms with Crippen LogP contribution in [0.3, 0.4) is 0 Å². The number of fused-ring (bicyclic) bond motifs is 2. The number of nitriles is 2. The molecular formula is C34H40F4N6O6Si2. The molecule has 0 saturated heterocycles. The van der Waals surface area contributed by atoms with E-state index in [2.05, 4.69) is 36.2 Å². The van der Waals surface area contributed by atoms with Gasteiger partial charge in [-0.25, -0.2) is 27.5 Å². The van der Waals surface area contributed by atoms with Crippen molar-refractivity contribution >= 4 is 50.8 Å². The molecule has 0 amide bonds. The maximum Gasteiger partial charge on any atom is 0.272 e. The molecule has 0 unspecified atom stereocenters. The van der Waals surface area contributed by atoms with Gasteiger partial charge in [0.1, 0.15) is 50.3 Å². The summed E-state index contributed by atoms with van der Waals surface area (Å²) < 4.78 is 76.0. The third-order valence-corrected chi connectivity index (χ3v) is 15.5. The average molecular weight is 761 g/mol. The Labute approximate surface area is 299 Å². The van der Waals surface area contributed by atoms with Crippen LogP contribution in [0.2, 0.25) is 50.4 Å². The fourth-order valence-electron chi connectivity index (χ4n) is 5.45. The first-order valence-electron chi connectivity index (χ1n) is 16.5. The van der Waals surface area contributed by atoms with Crippen LogP contribution in [-0.4, -0.2) is 87.1 Å². The van der Waals surface area contributed by atoms with Gasteiger partial charge in [0.25, 0.3) is 12.9 Å². The minimum absolute atomic E-state index is 0.0102. The monoisotopic (exact) mass is 760 g/mol. The summed E-state index contributed by atoms with van der Waals surface area (Å²) in [5.74, 6) is 0.107. The van der Waals surface area contributed by atoms with Gasteiger partial charge in [0, 0.05) is 41.5 Å². The molecule has 0 aliphatic carbocycles. The van der Waals surface area contributed by atoms with Crippen LogP contribution in [0.1, 0.15) is 32.4 Å². The molecule has 0 aliphatic heterocycles. The van der Waals surface area contributed by atoms with E-state index in [0.29, 0.717) is 47.9 Å². The largest absolute Gasteiger partial charge is 0.486 e. The molecule has 278 valence electrons. The maximum absolute atomic E-state index is 12.7. The smallest absolute Gasteiger partial charge is 0.272 e. The number of nitrogens with zero attached hydrogens (tertiary/aromatic N) is 6. The van der Waals surface area contributed by atoms with Crippen molar-refractivity contribution in [2.24, 2.45) is 0 Å². The third-order valence-electron chi connectivity index (χ3n) is 8.71. The Hall–Kier alpha value is -4.63. The van der Waals surface area contributed by atoms with Crippen molar-refractivity contribution in [3.8, 4) is 23.6 Å². The van der Waals surface area contributed by atoms with Crippen molar-refractivity contribution in [3.05, 3.63) is 47.0 Å². The van der Waals surface area contributed by atoms with Crippen LogP contribution in [-0.2, 0) is 22.9 Å². The summed E-state index contributed by atoms with van der Waals surface area (Å²) in [4.78, 5) is 32.0. The Kier molecular flexibility index (Phi) is 13.7. The number of aromatic nitrogens is 4. The zero-order chi connectivity index (χ0) is 38.1. The highest BCUT2D eigenvalue weighted by Gasteiger charge is 2.27. The number of ether oxygens (including phenoxy) is 4. The topological polar surface area (TPSA) is 154 Å². The Morgan fingerprint density at radius 3 is 1.56 bits per heavy atom. The number of benzene rings is 2. The van der Waals surface area contributed by atoms with E-state index in [-0.39, 0.29) is 47.7 Å². The number of aldehydes is 2. The summed E-state index contributed by atoms with van der Waals surface area (Å²) >= 11 is 0. The highest BCUT2D eigenvalue weighted by atomic mass is 28.3. The molecule has 4 rings (SSSR count). The lowest BCUT2D eigenvalue weighted by Crippen LogP contribution is -2.34. The molecule has 0 aliphatic rings. The van der Waals surface area contributed by atoms with Crippen molar-refractivity contribution in [1.29, 1.82) is 10.5 Å². The minimum atomic E-state index is -2.72. The Morgan fingerprint density at radius 2 is 1.12 bits per heavy atom. The van der Waals surface area contributed by atoms with Gasteiger partial charge >= 0.3 is 0 Å². The van der Waals surface area contributed by atoms with E-state index in [9.17, 15) is 37.7 Å². The van der Waals surface area contributed by atoms with E-state index in [1.807, 2.05) is 12.1 Å². The lowest BCUT2D eigenvalue weighted by Gasteiger charge is -2.29. The van der Waals surface area contributed by atoms with E-state index in [4.69, 9.17) is 18.9 Å². The molecule has 52 heavy (non-hydrogen) atoms. The highest BCUT2D eigenvalue weighted by Crippen LogP contribution is 2.30. The second-order valence-electron chi connectivity index (χ2n) is 13.7. The Morgan fingerprint density at radius 1 is 0.692 bits per heavy atom. The van der Waals surface area contributed by atoms with Crippen molar-refractivity contribution in [2.75, 3.05) is 26.4 Å². The molecule has 0 saturated carbocycles. The van der Waals surface area contributed by atoms with Gasteiger partial charge in [-0.05, 0) is 24.2 Å². The number of hydrogen-bond donors (Lipinski definition) is 0. The molecular weight excluding hydrogens is 721 g/mol. The second kappa shape index (κ2) is 17.7. The first kappa shape index (κ1) is 40.1. The quantitative estimate of drug-likeness (QED) is 0.0372. The van der Waals surface area contributed by atoms with Gasteiger partial charge < -0.3 is 18.9 Å². The van der Waals surface area contributed by atoms with Crippen molar-refractivity contribution in [1.82, 2.24) is 19.1 Å². The normalized spacial score (nSPS) is 12.1. The van der Waals surface area contributed by atoms with Crippen LogP contribution < -0.4 is 9.47 Å². The molecule has 2 aromatic heterocycles. The summed E-state index contributed by atoms with van der Waals surface area (Å²) in [6.45, 7) is 8.36. The van der Waals surface area contributed by atoms with Gasteiger partial charge in [-0.15, -0.1) is 0 Å². The van der Waals surface area contributed by atoms with Crippen molar-refractivity contribution in [2.45, 2.75) is 76.7 Å². The SMILES string of the molecule is C[Si](C)(CCOCn1c(C=O)nc2cc(OCC(F)F)c(C#N)cc21)CC[Si](C)(C)CCOCn1c(C=O)nc2cc(C#N)c(OCC(F)F)cc21. The molecule has 2 aromatic carbocycles. The first-order valence-corrected chi connectivity index (χ1v) is 23.3. The molecule has 0 fully saturated rings. The number of carbonyl (C=O) groups excluding carboxylic acids is 2. The third kappa shape index (κ3) is 10.5. The lowest BCUT2D eigenvalue weighted by molar-refractivity contribution is 0.0813. The Balaban J connectivity index is 1.28. The van der Waals surface area contributed by atoms with Crippen LogP contribution >= 0.6 is 0 Å². The lowest BCUT2D eigenvalue weighted by atomic mass is 10.2. The molecule has 4 aromatic rings. The zero-order valence-electron chi connectivity index (χ0n) is 29.3. The molecule has 18 heteroatoms. The summed E-state index contributed by atoms with van der Waals surface area (Å²) in [7, 11) is -3.39. The summed E-state index contributed by atoms with van der Waals surface area (Å²) in [6.07, 6.45) is -4.29. The fourth-order valence-corrected chi connectivity index (χ4v) is 12.8. The number of carbonyl (C=O) groups is 2. The van der Waals surface area contributed by atoms with Gasteiger partial charge in [-0.2, -0.15) is 10.5 Å². The van der Waals surface area contributed by atoms with E-state index in [0.717, 1.165) is 24.2 Å². The molecule has 0 radical (unpaired) electrons. The summed E-state index contributed by atoms with van der Waals surface area (Å²) in [5.41, 5.74) is 1.63. The second-order valence-corrected chi connectivity index (χ2v) is 24.4. The Bertz CT molecular complexity index is 1970. The van der Waals surface area contributed by atoms with Crippen molar-refractivity contribution < 1.29 is 46.1 Å². The molecule has 0 atom stereocenters. The molecule has 2 heterocycles. The standard InChI is InChI=1S/C34H40F4N6O6Si2/c1-51(2,7-5-47-21-43-27-12-24(16-40)29(49-19-31(35)36)13-26(27)42-34(43)18-46)9-10-52(3,4)8-6-48-22-44-28-14-30(50-20-32(37)38)23(15-39)11-25(28)41-33(44)17-45/h11-14,17-18,31-32H,5-10,19-22H2,1-4H3. The van der Waals surface area contributed by atoms with Crippen LogP contribution in [0.4, 0.5) is 17.6 Å². The van der Waals surface area contributed by atoms with Crippen LogP contribution in [0, 0.1) is 22.7 Å². The van der Waals surface area contributed by atoms with E-state index < -0.39 is 42.2 Å². The van der Waals surface area contributed by atoms with Gasteiger partial charge in [0.05, 0.1) is 33.2 Å². The van der Waals surface area contributed by atoms with E-state index >= 15 is 0 Å². The van der Waals surface area contributed by atoms with Gasteiger partial charge in [0.15, 0.2) is 24.2 Å². The average Bonchev–Trinajstić information content (AvgIpc) is 3.64.